The number of nitrogens with zero attached hydrogens (tertiary/aromatic N) is 2. The standard InChI is InChI=1S/C11H14N4O4S/c12-6-1-4-7(10(20)14-6)13-3-15(4)11-9(18)8(17)5(2-16)19-11/h1,3,5,8-9,11,16-18H,2H2,(H3,12,14,20). The molecule has 9 heteroatoms. The maximum Gasteiger partial charge on any atom is 0.164 e. The summed E-state index contributed by atoms with van der Waals surface area (Å²) in [7, 11) is 0. The third kappa shape index (κ3) is 1.91. The summed E-state index contributed by atoms with van der Waals surface area (Å²) in [6, 6.07) is 1.62. The first kappa shape index (κ1) is 13.5. The second kappa shape index (κ2) is 4.79. The van der Waals surface area contributed by atoms with Crippen molar-refractivity contribution in [3.05, 3.63) is 17.0 Å². The van der Waals surface area contributed by atoms with Crippen molar-refractivity contribution in [3.8, 4) is 0 Å². The number of ether oxygens (including phenoxy) is 1. The molecule has 4 atom stereocenters. The van der Waals surface area contributed by atoms with Gasteiger partial charge in [-0.25, -0.2) is 4.98 Å². The number of imidazole rings is 1. The number of aromatic amines is 1. The smallest absolute Gasteiger partial charge is 0.164 e. The van der Waals surface area contributed by atoms with Crippen LogP contribution in [0.5, 0.6) is 0 Å². The number of rotatable bonds is 2. The molecule has 0 aromatic carbocycles. The number of hydrogen-bond acceptors (Lipinski definition) is 7. The first-order chi connectivity index (χ1) is 9.52. The summed E-state index contributed by atoms with van der Waals surface area (Å²) in [5, 5.41) is 28.9. The number of aliphatic hydroxyl groups is 3. The van der Waals surface area contributed by atoms with E-state index >= 15 is 0 Å². The van der Waals surface area contributed by atoms with E-state index in [-0.39, 0.29) is 6.61 Å². The van der Waals surface area contributed by atoms with Crippen molar-refractivity contribution >= 4 is 29.1 Å². The third-order valence-electron chi connectivity index (χ3n) is 3.39. The summed E-state index contributed by atoms with van der Waals surface area (Å²) >= 11 is 5.12. The monoisotopic (exact) mass is 298 g/mol. The molecule has 108 valence electrons. The zero-order valence-electron chi connectivity index (χ0n) is 10.3. The minimum atomic E-state index is -1.18. The highest BCUT2D eigenvalue weighted by Crippen LogP contribution is 2.32. The number of H-pyrrole nitrogens is 1. The number of fused-ring (bicyclic) bond motifs is 1. The van der Waals surface area contributed by atoms with Gasteiger partial charge in [0.05, 0.1) is 18.5 Å². The zero-order chi connectivity index (χ0) is 14.4. The fourth-order valence-electron chi connectivity index (χ4n) is 2.37. The van der Waals surface area contributed by atoms with Crippen LogP contribution in [0.25, 0.3) is 11.0 Å². The third-order valence-corrected chi connectivity index (χ3v) is 3.68. The second-order valence-electron chi connectivity index (χ2n) is 4.67. The highest BCUT2D eigenvalue weighted by Gasteiger charge is 2.43. The average Bonchev–Trinajstić information content (AvgIpc) is 2.93. The van der Waals surface area contributed by atoms with Gasteiger partial charge in [0.2, 0.25) is 0 Å². The highest BCUT2D eigenvalue weighted by atomic mass is 32.1. The van der Waals surface area contributed by atoms with Crippen LogP contribution in [-0.2, 0) is 4.74 Å². The summed E-state index contributed by atoms with van der Waals surface area (Å²) in [5.74, 6) is 0.357. The van der Waals surface area contributed by atoms with E-state index in [0.29, 0.717) is 21.5 Å². The molecule has 1 aliphatic heterocycles. The molecule has 4 unspecified atom stereocenters. The van der Waals surface area contributed by atoms with E-state index in [1.807, 2.05) is 0 Å². The fourth-order valence-corrected chi connectivity index (χ4v) is 2.65. The Balaban J connectivity index is 2.09. The van der Waals surface area contributed by atoms with E-state index < -0.39 is 24.5 Å². The molecule has 1 aliphatic rings. The summed E-state index contributed by atoms with van der Waals surface area (Å²) < 4.78 is 7.38. The van der Waals surface area contributed by atoms with Crippen LogP contribution in [0.4, 0.5) is 5.82 Å². The number of pyridine rings is 1. The van der Waals surface area contributed by atoms with Crippen molar-refractivity contribution in [2.75, 3.05) is 12.3 Å². The van der Waals surface area contributed by atoms with Gasteiger partial charge in [-0.15, -0.1) is 0 Å². The van der Waals surface area contributed by atoms with Crippen molar-refractivity contribution in [2.45, 2.75) is 24.5 Å². The molecule has 6 N–H and O–H groups in total. The Kier molecular flexibility index (Phi) is 3.22. The Morgan fingerprint density at radius 1 is 1.45 bits per heavy atom. The lowest BCUT2D eigenvalue weighted by Crippen LogP contribution is -2.33. The van der Waals surface area contributed by atoms with Gasteiger partial charge in [0.1, 0.15) is 34.3 Å². The van der Waals surface area contributed by atoms with E-state index in [2.05, 4.69) is 9.97 Å². The quantitative estimate of drug-likeness (QED) is 0.463. The van der Waals surface area contributed by atoms with Gasteiger partial charge in [-0.05, 0) is 0 Å². The Morgan fingerprint density at radius 2 is 2.20 bits per heavy atom. The first-order valence-electron chi connectivity index (χ1n) is 6.00. The van der Waals surface area contributed by atoms with Crippen LogP contribution in [-0.4, -0.2) is 54.8 Å². The van der Waals surface area contributed by atoms with Crippen LogP contribution >= 0.6 is 12.2 Å². The molecule has 2 aromatic heterocycles. The van der Waals surface area contributed by atoms with Gasteiger partial charge >= 0.3 is 0 Å². The summed E-state index contributed by atoms with van der Waals surface area (Å²) in [6.45, 7) is -0.385. The fraction of sp³-hybridized carbons (Fsp3) is 0.455. The molecule has 20 heavy (non-hydrogen) atoms. The lowest BCUT2D eigenvalue weighted by atomic mass is 10.1. The molecule has 0 amide bonds. The number of aromatic nitrogens is 3. The first-order valence-corrected chi connectivity index (χ1v) is 6.41. The summed E-state index contributed by atoms with van der Waals surface area (Å²) in [4.78, 5) is 6.93. The lowest BCUT2D eigenvalue weighted by Gasteiger charge is -2.17. The van der Waals surface area contributed by atoms with Gasteiger partial charge < -0.3 is 35.3 Å². The molecule has 0 spiro atoms. The van der Waals surface area contributed by atoms with Crippen LogP contribution in [0.1, 0.15) is 6.23 Å². The van der Waals surface area contributed by atoms with E-state index in [4.69, 9.17) is 27.8 Å². The predicted molar refractivity (Wildman–Crippen MR) is 72.3 cm³/mol. The maximum absolute atomic E-state index is 10.0. The van der Waals surface area contributed by atoms with E-state index in [0.717, 1.165) is 0 Å². The zero-order valence-corrected chi connectivity index (χ0v) is 11.1. The lowest BCUT2D eigenvalue weighted by molar-refractivity contribution is -0.0508. The van der Waals surface area contributed by atoms with Gasteiger partial charge in [0.25, 0.3) is 0 Å². The molecule has 1 fully saturated rings. The molecule has 0 aliphatic carbocycles. The number of hydrogen-bond donors (Lipinski definition) is 5. The van der Waals surface area contributed by atoms with Gasteiger partial charge in [-0.3, -0.25) is 0 Å². The van der Waals surface area contributed by atoms with Crippen molar-refractivity contribution in [3.63, 3.8) is 0 Å². The summed E-state index contributed by atoms with van der Waals surface area (Å²) in [5.41, 5.74) is 6.82. The molecule has 8 nitrogen and oxygen atoms in total. The van der Waals surface area contributed by atoms with E-state index in [9.17, 15) is 10.2 Å². The number of aliphatic hydroxyl groups excluding tert-OH is 3. The van der Waals surface area contributed by atoms with Crippen molar-refractivity contribution < 1.29 is 20.1 Å². The van der Waals surface area contributed by atoms with Crippen molar-refractivity contribution in [2.24, 2.45) is 0 Å². The highest BCUT2D eigenvalue weighted by molar-refractivity contribution is 7.71. The van der Waals surface area contributed by atoms with Crippen LogP contribution in [0.3, 0.4) is 0 Å². The minimum Gasteiger partial charge on any atom is -0.394 e. The predicted octanol–water partition coefficient (Wildman–Crippen LogP) is -0.712. The molecule has 0 bridgehead atoms. The van der Waals surface area contributed by atoms with Gasteiger partial charge in [-0.2, -0.15) is 0 Å². The largest absolute Gasteiger partial charge is 0.394 e. The van der Waals surface area contributed by atoms with E-state index in [1.165, 1.54) is 6.33 Å². The topological polar surface area (TPSA) is 130 Å². The van der Waals surface area contributed by atoms with Crippen LogP contribution < -0.4 is 5.73 Å². The Bertz CT molecular complexity index is 699. The number of nitrogen functional groups attached to an aromatic ring is 1. The molecule has 0 radical (unpaired) electrons. The summed E-state index contributed by atoms with van der Waals surface area (Å²) in [6.07, 6.45) is -2.60. The van der Waals surface area contributed by atoms with E-state index in [1.54, 1.807) is 10.6 Å². The molecule has 2 aromatic rings. The Labute approximate surface area is 118 Å². The molecule has 3 heterocycles. The minimum absolute atomic E-state index is 0.357. The normalized spacial score (nSPS) is 30.1. The van der Waals surface area contributed by atoms with Gasteiger partial charge in [0, 0.05) is 6.07 Å². The second-order valence-corrected chi connectivity index (χ2v) is 5.08. The van der Waals surface area contributed by atoms with Crippen molar-refractivity contribution in [1.82, 2.24) is 14.5 Å². The molecular weight excluding hydrogens is 284 g/mol. The van der Waals surface area contributed by atoms with Gasteiger partial charge in [0.15, 0.2) is 6.23 Å². The molecule has 1 saturated heterocycles. The van der Waals surface area contributed by atoms with Crippen molar-refractivity contribution in [1.29, 1.82) is 0 Å². The number of anilines is 1. The molecule has 0 saturated carbocycles. The average molecular weight is 298 g/mol. The molecular formula is C11H14N4O4S. The SMILES string of the molecule is Nc1cc2c(ncn2C2OC(CO)C(O)C2O)c(=S)[nH]1. The Morgan fingerprint density at radius 3 is 2.85 bits per heavy atom. The van der Waals surface area contributed by atoms with Crippen LogP contribution in [0, 0.1) is 4.64 Å². The Hall–Kier alpha value is -1.52. The number of nitrogens with one attached hydrogen (secondary N) is 1. The van der Waals surface area contributed by atoms with Crippen LogP contribution in [0.15, 0.2) is 12.4 Å². The van der Waals surface area contributed by atoms with Gasteiger partial charge in [-0.1, -0.05) is 12.2 Å². The maximum atomic E-state index is 10.0. The molecule has 3 rings (SSSR count). The number of nitrogens with two attached hydrogens (primary N) is 1. The van der Waals surface area contributed by atoms with Crippen LogP contribution in [0.2, 0.25) is 0 Å².